The molecule has 26 heavy (non-hydrogen) atoms. The first kappa shape index (κ1) is 19.0. The molecule has 0 radical (unpaired) electrons. The molecular formula is C19H19NO6. The Labute approximate surface area is 150 Å². The highest BCUT2D eigenvalue weighted by Gasteiger charge is 2.14. The van der Waals surface area contributed by atoms with Gasteiger partial charge in [0.15, 0.2) is 23.9 Å². The standard InChI is InChI=1S/C19H19NO6/c1-12(21)14-6-4-5-7-15(14)20-18(22)11-26-16-9-8-13(19(23)25-3)10-17(16)24-2/h4-10H,11H2,1-3H3,(H,20,22). The van der Waals surface area contributed by atoms with E-state index in [-0.39, 0.29) is 12.4 Å². The maximum Gasteiger partial charge on any atom is 0.337 e. The van der Waals surface area contributed by atoms with E-state index in [4.69, 9.17) is 9.47 Å². The lowest BCUT2D eigenvalue weighted by Gasteiger charge is -2.12. The van der Waals surface area contributed by atoms with E-state index in [1.54, 1.807) is 24.3 Å². The third-order valence-corrected chi connectivity index (χ3v) is 3.52. The lowest BCUT2D eigenvalue weighted by Crippen LogP contribution is -2.21. The van der Waals surface area contributed by atoms with Crippen molar-refractivity contribution in [3.8, 4) is 11.5 Å². The number of Topliss-reactive ketones (excluding diaryl/α,β-unsaturated/α-hetero) is 1. The van der Waals surface area contributed by atoms with Gasteiger partial charge in [0.05, 0.1) is 25.5 Å². The van der Waals surface area contributed by atoms with Gasteiger partial charge in [-0.05, 0) is 37.3 Å². The first-order valence-corrected chi connectivity index (χ1v) is 7.75. The maximum atomic E-state index is 12.1. The van der Waals surface area contributed by atoms with Gasteiger partial charge in [-0.3, -0.25) is 9.59 Å². The van der Waals surface area contributed by atoms with Crippen LogP contribution in [-0.2, 0) is 9.53 Å². The van der Waals surface area contributed by atoms with Crippen LogP contribution < -0.4 is 14.8 Å². The van der Waals surface area contributed by atoms with E-state index in [1.807, 2.05) is 0 Å². The van der Waals surface area contributed by atoms with E-state index in [0.29, 0.717) is 28.3 Å². The van der Waals surface area contributed by atoms with Gasteiger partial charge in [0.25, 0.3) is 5.91 Å². The second-order valence-corrected chi connectivity index (χ2v) is 5.30. The van der Waals surface area contributed by atoms with E-state index in [1.165, 1.54) is 39.3 Å². The average Bonchev–Trinajstić information content (AvgIpc) is 2.65. The molecule has 0 saturated carbocycles. The number of para-hydroxylation sites is 1. The summed E-state index contributed by atoms with van der Waals surface area (Å²) >= 11 is 0. The van der Waals surface area contributed by atoms with Crippen LogP contribution in [0.3, 0.4) is 0 Å². The fraction of sp³-hybridized carbons (Fsp3) is 0.211. The zero-order chi connectivity index (χ0) is 19.1. The Morgan fingerprint density at radius 3 is 2.38 bits per heavy atom. The summed E-state index contributed by atoms with van der Waals surface area (Å²) in [4.78, 5) is 35.2. The van der Waals surface area contributed by atoms with Gasteiger partial charge < -0.3 is 19.5 Å². The van der Waals surface area contributed by atoms with E-state index in [9.17, 15) is 14.4 Å². The average molecular weight is 357 g/mol. The molecule has 2 aromatic rings. The topological polar surface area (TPSA) is 90.9 Å². The summed E-state index contributed by atoms with van der Waals surface area (Å²) < 4.78 is 15.3. The molecule has 0 aliphatic rings. The largest absolute Gasteiger partial charge is 0.493 e. The molecule has 0 unspecified atom stereocenters. The number of ether oxygens (including phenoxy) is 3. The van der Waals surface area contributed by atoms with Gasteiger partial charge >= 0.3 is 5.97 Å². The number of nitrogens with one attached hydrogen (secondary N) is 1. The number of amides is 1. The number of carbonyl (C=O) groups excluding carboxylic acids is 3. The summed E-state index contributed by atoms with van der Waals surface area (Å²) in [6.07, 6.45) is 0. The van der Waals surface area contributed by atoms with Crippen LogP contribution in [0.1, 0.15) is 27.6 Å². The summed E-state index contributed by atoms with van der Waals surface area (Å²) in [7, 11) is 2.70. The predicted octanol–water partition coefficient (Wildman–Crippen LogP) is 2.70. The van der Waals surface area contributed by atoms with Gasteiger partial charge in [0.1, 0.15) is 0 Å². The van der Waals surface area contributed by atoms with Crippen LogP contribution in [-0.4, -0.2) is 38.5 Å². The predicted molar refractivity (Wildman–Crippen MR) is 94.9 cm³/mol. The number of ketones is 1. The second-order valence-electron chi connectivity index (χ2n) is 5.30. The Bertz CT molecular complexity index is 831. The number of rotatable bonds is 7. The van der Waals surface area contributed by atoms with Crippen molar-refractivity contribution in [2.45, 2.75) is 6.92 Å². The molecule has 2 aromatic carbocycles. The van der Waals surface area contributed by atoms with Crippen LogP contribution in [0.5, 0.6) is 11.5 Å². The fourth-order valence-corrected chi connectivity index (χ4v) is 2.26. The van der Waals surface area contributed by atoms with Gasteiger partial charge in [0, 0.05) is 5.56 Å². The number of methoxy groups -OCH3 is 2. The minimum Gasteiger partial charge on any atom is -0.493 e. The van der Waals surface area contributed by atoms with Crippen molar-refractivity contribution in [1.82, 2.24) is 0 Å². The summed E-state index contributed by atoms with van der Waals surface area (Å²) in [6.45, 7) is 1.13. The summed E-state index contributed by atoms with van der Waals surface area (Å²) in [5.41, 5.74) is 1.14. The Hall–Kier alpha value is -3.35. The molecule has 1 N–H and O–H groups in total. The summed E-state index contributed by atoms with van der Waals surface area (Å²) in [6, 6.07) is 11.2. The lowest BCUT2D eigenvalue weighted by molar-refractivity contribution is -0.118. The highest BCUT2D eigenvalue weighted by molar-refractivity contribution is 6.04. The number of anilines is 1. The van der Waals surface area contributed by atoms with Crippen molar-refractivity contribution in [2.24, 2.45) is 0 Å². The first-order valence-electron chi connectivity index (χ1n) is 7.75. The molecule has 0 spiro atoms. The second kappa shape index (κ2) is 8.66. The van der Waals surface area contributed by atoms with Crippen LogP contribution in [0.4, 0.5) is 5.69 Å². The maximum absolute atomic E-state index is 12.1. The van der Waals surface area contributed by atoms with E-state index >= 15 is 0 Å². The monoisotopic (exact) mass is 357 g/mol. The van der Waals surface area contributed by atoms with Crippen molar-refractivity contribution in [3.63, 3.8) is 0 Å². The molecule has 136 valence electrons. The molecule has 0 bridgehead atoms. The zero-order valence-corrected chi connectivity index (χ0v) is 14.7. The normalized spacial score (nSPS) is 9.96. The van der Waals surface area contributed by atoms with Gasteiger partial charge in [-0.15, -0.1) is 0 Å². The van der Waals surface area contributed by atoms with Crippen LogP contribution in [0.25, 0.3) is 0 Å². The Kier molecular flexibility index (Phi) is 6.32. The first-order chi connectivity index (χ1) is 12.5. The number of carbonyl (C=O) groups is 3. The van der Waals surface area contributed by atoms with Crippen LogP contribution in [0.2, 0.25) is 0 Å². The molecule has 7 nitrogen and oxygen atoms in total. The summed E-state index contributed by atoms with van der Waals surface area (Å²) in [5, 5.41) is 2.64. The molecule has 2 rings (SSSR count). The molecule has 7 heteroatoms. The van der Waals surface area contributed by atoms with Gasteiger partial charge in [0.2, 0.25) is 0 Å². The Balaban J connectivity index is 2.06. The summed E-state index contributed by atoms with van der Waals surface area (Å²) in [5.74, 6) is -0.492. The third-order valence-electron chi connectivity index (χ3n) is 3.52. The molecule has 0 aliphatic carbocycles. The number of hydrogen-bond acceptors (Lipinski definition) is 6. The molecule has 0 fully saturated rings. The number of esters is 1. The van der Waals surface area contributed by atoms with Gasteiger partial charge in [-0.2, -0.15) is 0 Å². The smallest absolute Gasteiger partial charge is 0.337 e. The van der Waals surface area contributed by atoms with Crippen LogP contribution in [0.15, 0.2) is 42.5 Å². The molecule has 0 heterocycles. The van der Waals surface area contributed by atoms with E-state index in [0.717, 1.165) is 0 Å². The van der Waals surface area contributed by atoms with Crippen molar-refractivity contribution < 1.29 is 28.6 Å². The molecule has 0 aliphatic heterocycles. The third kappa shape index (κ3) is 4.60. The lowest BCUT2D eigenvalue weighted by atomic mass is 10.1. The molecule has 1 amide bonds. The molecule has 0 atom stereocenters. The van der Waals surface area contributed by atoms with Crippen molar-refractivity contribution in [3.05, 3.63) is 53.6 Å². The molecule has 0 aromatic heterocycles. The van der Waals surface area contributed by atoms with Crippen molar-refractivity contribution in [2.75, 3.05) is 26.1 Å². The zero-order valence-electron chi connectivity index (χ0n) is 14.7. The fourth-order valence-electron chi connectivity index (χ4n) is 2.26. The van der Waals surface area contributed by atoms with Crippen molar-refractivity contribution >= 4 is 23.3 Å². The van der Waals surface area contributed by atoms with Gasteiger partial charge in [-0.1, -0.05) is 12.1 Å². The van der Waals surface area contributed by atoms with Crippen LogP contribution >= 0.6 is 0 Å². The van der Waals surface area contributed by atoms with Crippen molar-refractivity contribution in [1.29, 1.82) is 0 Å². The minimum absolute atomic E-state index is 0.151. The number of hydrogen-bond donors (Lipinski definition) is 1. The number of benzene rings is 2. The Morgan fingerprint density at radius 1 is 1.00 bits per heavy atom. The quantitative estimate of drug-likeness (QED) is 0.605. The molecular weight excluding hydrogens is 338 g/mol. The minimum atomic E-state index is -0.506. The van der Waals surface area contributed by atoms with E-state index < -0.39 is 11.9 Å². The Morgan fingerprint density at radius 2 is 1.73 bits per heavy atom. The van der Waals surface area contributed by atoms with E-state index in [2.05, 4.69) is 10.1 Å². The van der Waals surface area contributed by atoms with Gasteiger partial charge in [-0.25, -0.2) is 4.79 Å². The van der Waals surface area contributed by atoms with Crippen LogP contribution in [0, 0.1) is 0 Å². The molecule has 0 saturated heterocycles. The highest BCUT2D eigenvalue weighted by Crippen LogP contribution is 2.28. The SMILES string of the molecule is COC(=O)c1ccc(OCC(=O)Nc2ccccc2C(C)=O)c(OC)c1. The highest BCUT2D eigenvalue weighted by atomic mass is 16.5.